The minimum atomic E-state index is 0. The summed E-state index contributed by atoms with van der Waals surface area (Å²) < 4.78 is 0. The molecule has 2 rings (SSSR count). The van der Waals surface area contributed by atoms with Gasteiger partial charge < -0.3 is 4.90 Å². The summed E-state index contributed by atoms with van der Waals surface area (Å²) in [7, 11) is 3.96. The van der Waals surface area contributed by atoms with Crippen LogP contribution in [0.2, 0.25) is 0 Å². The van der Waals surface area contributed by atoms with Crippen molar-refractivity contribution in [1.29, 1.82) is 0 Å². The number of carbonyl (C=O) groups excluding carboxylic acids is 1. The van der Waals surface area contributed by atoms with Crippen LogP contribution in [0.4, 0.5) is 5.69 Å². The molecule has 19 heavy (non-hydrogen) atoms. The van der Waals surface area contributed by atoms with Crippen molar-refractivity contribution in [2.75, 3.05) is 19.0 Å². The van der Waals surface area contributed by atoms with E-state index in [0.717, 1.165) is 16.8 Å². The summed E-state index contributed by atoms with van der Waals surface area (Å²) in [5.74, 6) is 0.131. The maximum Gasteiger partial charge on any atom is 0.167 e. The van der Waals surface area contributed by atoms with Crippen molar-refractivity contribution in [3.63, 3.8) is 0 Å². The molecule has 100 valence electrons. The van der Waals surface area contributed by atoms with Gasteiger partial charge >= 0.3 is 0 Å². The Morgan fingerprint density at radius 3 is 2.16 bits per heavy atom. The summed E-state index contributed by atoms with van der Waals surface area (Å²) in [6.07, 6.45) is 3.83. The third kappa shape index (κ3) is 4.17. The van der Waals surface area contributed by atoms with Gasteiger partial charge in [-0.2, -0.15) is 0 Å². The fourth-order valence-corrected chi connectivity index (χ4v) is 1.73. The second-order valence-corrected chi connectivity index (χ2v) is 4.40. The molecule has 0 fully saturated rings. The van der Waals surface area contributed by atoms with Gasteiger partial charge in [-0.1, -0.05) is 0 Å². The highest BCUT2D eigenvalue weighted by atomic mass is 79.9. The molecule has 0 spiro atoms. The highest BCUT2D eigenvalue weighted by Gasteiger charge is 2.07. The van der Waals surface area contributed by atoms with E-state index in [2.05, 4.69) is 4.98 Å². The molecule has 0 atom stereocenters. The molecule has 1 heterocycles. The van der Waals surface area contributed by atoms with Gasteiger partial charge in [-0.15, -0.1) is 17.0 Å². The normalized spacial score (nSPS) is 9.58. The molecular weight excluding hydrogens is 304 g/mol. The number of Topliss-reactive ketones (excluding diaryl/α,β-unsaturated/α-hetero) is 1. The van der Waals surface area contributed by atoms with Gasteiger partial charge in [0.15, 0.2) is 5.78 Å². The zero-order valence-corrected chi connectivity index (χ0v) is 12.7. The first-order valence-corrected chi connectivity index (χ1v) is 5.86. The Kier molecular flexibility index (Phi) is 5.70. The van der Waals surface area contributed by atoms with E-state index in [1.54, 1.807) is 12.4 Å². The minimum absolute atomic E-state index is 0. The average molecular weight is 321 g/mol. The third-order valence-electron chi connectivity index (χ3n) is 2.82. The Morgan fingerprint density at radius 1 is 1.05 bits per heavy atom. The van der Waals surface area contributed by atoms with Gasteiger partial charge in [-0.3, -0.25) is 9.78 Å². The largest absolute Gasteiger partial charge is 0.378 e. The zero-order valence-electron chi connectivity index (χ0n) is 11.0. The fraction of sp³-hybridized carbons (Fsp3) is 0.200. The molecule has 4 heteroatoms. The first-order chi connectivity index (χ1) is 8.66. The van der Waals surface area contributed by atoms with Gasteiger partial charge in [0.25, 0.3) is 0 Å². The number of ketones is 1. The standard InChI is InChI=1S/C15H16N2O.BrH/c1-17(2)14-5-3-13(4-6-14)15(18)11-12-7-9-16-10-8-12;/h3-10H,11H2,1-2H3;1H. The molecule has 0 N–H and O–H groups in total. The van der Waals surface area contributed by atoms with Crippen LogP contribution in [0.3, 0.4) is 0 Å². The second kappa shape index (κ2) is 7.04. The van der Waals surface area contributed by atoms with E-state index < -0.39 is 0 Å². The molecule has 0 unspecified atom stereocenters. The van der Waals surface area contributed by atoms with E-state index in [0.29, 0.717) is 6.42 Å². The summed E-state index contributed by atoms with van der Waals surface area (Å²) in [6.45, 7) is 0. The van der Waals surface area contributed by atoms with Crippen molar-refractivity contribution in [3.8, 4) is 0 Å². The summed E-state index contributed by atoms with van der Waals surface area (Å²) in [5, 5.41) is 0. The summed E-state index contributed by atoms with van der Waals surface area (Å²) in [4.78, 5) is 18.0. The zero-order chi connectivity index (χ0) is 13.0. The van der Waals surface area contributed by atoms with Crippen LogP contribution in [0.1, 0.15) is 15.9 Å². The number of aromatic nitrogens is 1. The second-order valence-electron chi connectivity index (χ2n) is 4.40. The first-order valence-electron chi connectivity index (χ1n) is 5.86. The van der Waals surface area contributed by atoms with Crippen LogP contribution in [-0.2, 0) is 6.42 Å². The number of hydrogen-bond acceptors (Lipinski definition) is 3. The topological polar surface area (TPSA) is 33.2 Å². The number of nitrogens with zero attached hydrogens (tertiary/aromatic N) is 2. The number of rotatable bonds is 4. The summed E-state index contributed by atoms with van der Waals surface area (Å²) in [6, 6.07) is 11.4. The van der Waals surface area contributed by atoms with Gasteiger partial charge in [0.2, 0.25) is 0 Å². The number of pyridine rings is 1. The summed E-state index contributed by atoms with van der Waals surface area (Å²) in [5.41, 5.74) is 2.83. The van der Waals surface area contributed by atoms with Crippen molar-refractivity contribution in [2.24, 2.45) is 0 Å². The molecule has 0 amide bonds. The van der Waals surface area contributed by atoms with Crippen molar-refractivity contribution < 1.29 is 4.79 Å². The van der Waals surface area contributed by atoms with Crippen LogP contribution in [0.15, 0.2) is 48.8 Å². The molecule has 0 aliphatic rings. The Balaban J connectivity index is 0.00000180. The van der Waals surface area contributed by atoms with E-state index >= 15 is 0 Å². The molecule has 0 aliphatic carbocycles. The lowest BCUT2D eigenvalue weighted by molar-refractivity contribution is 0.0993. The molecule has 1 aromatic heterocycles. The molecule has 0 saturated heterocycles. The van der Waals surface area contributed by atoms with Crippen LogP contribution in [0, 0.1) is 0 Å². The summed E-state index contributed by atoms with van der Waals surface area (Å²) >= 11 is 0. The molecule has 0 bridgehead atoms. The highest BCUT2D eigenvalue weighted by molar-refractivity contribution is 8.93. The molecule has 0 saturated carbocycles. The number of hydrogen-bond donors (Lipinski definition) is 0. The first kappa shape index (κ1) is 15.4. The lowest BCUT2D eigenvalue weighted by atomic mass is 10.0. The molecule has 0 radical (unpaired) electrons. The molecular formula is C15H17BrN2O. The highest BCUT2D eigenvalue weighted by Crippen LogP contribution is 2.14. The van der Waals surface area contributed by atoms with E-state index in [9.17, 15) is 4.79 Å². The predicted octanol–water partition coefficient (Wildman–Crippen LogP) is 3.15. The van der Waals surface area contributed by atoms with Crippen LogP contribution in [0.25, 0.3) is 0 Å². The molecule has 2 aromatic rings. The van der Waals surface area contributed by atoms with Gasteiger partial charge in [-0.05, 0) is 42.0 Å². The maximum absolute atomic E-state index is 12.1. The van der Waals surface area contributed by atoms with E-state index in [1.807, 2.05) is 55.4 Å². The monoisotopic (exact) mass is 320 g/mol. The number of carbonyl (C=O) groups is 1. The molecule has 3 nitrogen and oxygen atoms in total. The van der Waals surface area contributed by atoms with E-state index in [4.69, 9.17) is 0 Å². The quantitative estimate of drug-likeness (QED) is 0.811. The smallest absolute Gasteiger partial charge is 0.167 e. The Labute approximate surface area is 124 Å². The van der Waals surface area contributed by atoms with Crippen LogP contribution < -0.4 is 4.90 Å². The van der Waals surface area contributed by atoms with Gasteiger partial charge in [0.1, 0.15) is 0 Å². The van der Waals surface area contributed by atoms with Crippen LogP contribution in [0.5, 0.6) is 0 Å². The van der Waals surface area contributed by atoms with Gasteiger partial charge in [0, 0.05) is 44.2 Å². The lowest BCUT2D eigenvalue weighted by Crippen LogP contribution is -2.09. The Morgan fingerprint density at radius 2 is 1.63 bits per heavy atom. The molecule has 0 aliphatic heterocycles. The minimum Gasteiger partial charge on any atom is -0.378 e. The lowest BCUT2D eigenvalue weighted by Gasteiger charge is -2.12. The van der Waals surface area contributed by atoms with Crippen LogP contribution >= 0.6 is 17.0 Å². The fourth-order valence-electron chi connectivity index (χ4n) is 1.73. The maximum atomic E-state index is 12.1. The van der Waals surface area contributed by atoms with E-state index in [-0.39, 0.29) is 22.8 Å². The molecule has 1 aromatic carbocycles. The van der Waals surface area contributed by atoms with Gasteiger partial charge in [0.05, 0.1) is 0 Å². The number of halogens is 1. The third-order valence-corrected chi connectivity index (χ3v) is 2.82. The Bertz CT molecular complexity index is 524. The van der Waals surface area contributed by atoms with E-state index in [1.165, 1.54) is 0 Å². The van der Waals surface area contributed by atoms with Crippen molar-refractivity contribution in [1.82, 2.24) is 4.98 Å². The SMILES string of the molecule is Br.CN(C)c1ccc(C(=O)Cc2ccncc2)cc1. The number of anilines is 1. The van der Waals surface area contributed by atoms with Crippen molar-refractivity contribution in [2.45, 2.75) is 6.42 Å². The van der Waals surface area contributed by atoms with Crippen molar-refractivity contribution >= 4 is 28.5 Å². The van der Waals surface area contributed by atoms with Gasteiger partial charge in [-0.25, -0.2) is 0 Å². The van der Waals surface area contributed by atoms with Crippen molar-refractivity contribution in [3.05, 3.63) is 59.9 Å². The average Bonchev–Trinajstić information content (AvgIpc) is 2.40. The predicted molar refractivity (Wildman–Crippen MR) is 83.4 cm³/mol. The Hall–Kier alpha value is -1.68. The number of benzene rings is 1. The van der Waals surface area contributed by atoms with Crippen LogP contribution in [-0.4, -0.2) is 24.9 Å².